The molecule has 3 heterocycles. The number of ether oxygens (including phenoxy) is 2. The molecule has 2 aliphatic rings. The first-order valence-corrected chi connectivity index (χ1v) is 16.5. The van der Waals surface area contributed by atoms with Gasteiger partial charge in [-0.05, 0) is 81.7 Å². The molecule has 230 valence electrons. The molecule has 50 heavy (non-hydrogen) atoms. The Morgan fingerprint density at radius 3 is 1.36 bits per heavy atom. The molecule has 0 spiro atoms. The molecule has 10 rings (SSSR count). The summed E-state index contributed by atoms with van der Waals surface area (Å²) in [7, 11) is 0. The molecule has 8 aromatic rings. The van der Waals surface area contributed by atoms with Crippen LogP contribution >= 0.6 is 0 Å². The van der Waals surface area contributed by atoms with Crippen LogP contribution in [0.2, 0.25) is 0 Å². The van der Waals surface area contributed by atoms with Crippen LogP contribution in [-0.2, 0) is 0 Å². The van der Waals surface area contributed by atoms with E-state index in [0.29, 0.717) is 11.1 Å². The third-order valence-electron chi connectivity index (χ3n) is 10.00. The lowest BCUT2D eigenvalue weighted by atomic mass is 9.34. The Labute approximate surface area is 288 Å². The molecule has 1 aromatic heterocycles. The normalized spacial score (nSPS) is 12.2. The van der Waals surface area contributed by atoms with Crippen molar-refractivity contribution in [3.8, 4) is 63.1 Å². The molecule has 0 fully saturated rings. The molecule has 0 saturated carbocycles. The monoisotopic (exact) mass is 637 g/mol. The maximum absolute atomic E-state index is 9.33. The fourth-order valence-corrected chi connectivity index (χ4v) is 7.64. The Hall–Kier alpha value is -7.02. The average molecular weight is 638 g/mol. The van der Waals surface area contributed by atoms with Crippen molar-refractivity contribution in [3.05, 3.63) is 157 Å². The van der Waals surface area contributed by atoms with Crippen molar-refractivity contribution in [2.45, 2.75) is 0 Å². The highest BCUT2D eigenvalue weighted by molar-refractivity contribution is 6.98. The first kappa shape index (κ1) is 28.0. The van der Waals surface area contributed by atoms with E-state index in [-0.39, 0.29) is 6.71 Å². The van der Waals surface area contributed by atoms with E-state index in [1.807, 2.05) is 48.5 Å². The predicted molar refractivity (Wildman–Crippen MR) is 199 cm³/mol. The maximum Gasteiger partial charge on any atom is 0.260 e. The molecule has 5 nitrogen and oxygen atoms in total. The van der Waals surface area contributed by atoms with E-state index in [0.717, 1.165) is 78.4 Å². The van der Waals surface area contributed by atoms with Gasteiger partial charge in [0.05, 0.1) is 40.0 Å². The molecule has 0 aliphatic carbocycles. The summed E-state index contributed by atoms with van der Waals surface area (Å²) in [5, 5.41) is 21.0. The Morgan fingerprint density at radius 2 is 0.900 bits per heavy atom. The van der Waals surface area contributed by atoms with Crippen LogP contribution in [0.4, 0.5) is 0 Å². The van der Waals surface area contributed by atoms with Gasteiger partial charge < -0.3 is 14.0 Å². The number of fused-ring (bicyclic) bond motifs is 7. The lowest BCUT2D eigenvalue weighted by molar-refractivity contribution is 0.464. The van der Waals surface area contributed by atoms with Crippen molar-refractivity contribution in [2.75, 3.05) is 0 Å². The van der Waals surface area contributed by atoms with Gasteiger partial charge in [-0.1, -0.05) is 84.9 Å². The van der Waals surface area contributed by atoms with E-state index in [2.05, 4.69) is 114 Å². The number of nitriles is 2. The number of aromatic nitrogens is 1. The topological polar surface area (TPSA) is 71.0 Å². The molecule has 2 aliphatic heterocycles. The van der Waals surface area contributed by atoms with Crippen molar-refractivity contribution in [1.29, 1.82) is 10.5 Å². The fraction of sp³-hybridized carbons (Fsp3) is 0. The number of benzene rings is 7. The van der Waals surface area contributed by atoms with Gasteiger partial charge in [0.1, 0.15) is 23.0 Å². The van der Waals surface area contributed by atoms with Gasteiger partial charge in [-0.3, -0.25) is 0 Å². The lowest BCUT2D eigenvalue weighted by Crippen LogP contribution is -2.57. The summed E-state index contributed by atoms with van der Waals surface area (Å²) >= 11 is 0. The summed E-state index contributed by atoms with van der Waals surface area (Å²) in [6.45, 7) is -0.107. The molecule has 7 aromatic carbocycles. The van der Waals surface area contributed by atoms with Crippen LogP contribution in [0.1, 0.15) is 11.1 Å². The molecule has 0 amide bonds. The molecular formula is C44H24BN3O2. The molecule has 0 N–H and O–H groups in total. The SMILES string of the molecule is N#Cc1ccc(-c2ccc3c(c2)Oc2cc(-n4c5ccccc5c5ccccc54)cc4c2B3c2ccc(-c3ccc(C#N)cc3)cc2O4)cc1. The van der Waals surface area contributed by atoms with Crippen LogP contribution in [0.5, 0.6) is 23.0 Å². The minimum absolute atomic E-state index is 0.107. The first-order valence-electron chi connectivity index (χ1n) is 16.5. The van der Waals surface area contributed by atoms with E-state index < -0.39 is 0 Å². The highest BCUT2D eigenvalue weighted by Gasteiger charge is 2.41. The second-order valence-corrected chi connectivity index (χ2v) is 12.7. The summed E-state index contributed by atoms with van der Waals surface area (Å²) in [6, 6.07) is 53.7. The minimum Gasteiger partial charge on any atom is -0.458 e. The molecule has 0 radical (unpaired) electrons. The zero-order valence-corrected chi connectivity index (χ0v) is 26.6. The van der Waals surface area contributed by atoms with Gasteiger partial charge in [-0.2, -0.15) is 10.5 Å². The Bertz CT molecular complexity index is 2600. The Morgan fingerprint density at radius 1 is 0.460 bits per heavy atom. The van der Waals surface area contributed by atoms with Crippen molar-refractivity contribution in [1.82, 2.24) is 4.57 Å². The van der Waals surface area contributed by atoms with Crippen molar-refractivity contribution in [3.63, 3.8) is 0 Å². The largest absolute Gasteiger partial charge is 0.458 e. The van der Waals surface area contributed by atoms with Gasteiger partial charge >= 0.3 is 0 Å². The number of hydrogen-bond donors (Lipinski definition) is 0. The van der Waals surface area contributed by atoms with Gasteiger partial charge in [-0.15, -0.1) is 0 Å². The number of para-hydroxylation sites is 2. The molecule has 0 saturated heterocycles. The highest BCUT2D eigenvalue weighted by Crippen LogP contribution is 2.41. The van der Waals surface area contributed by atoms with Crippen LogP contribution < -0.4 is 25.9 Å². The summed E-state index contributed by atoms with van der Waals surface area (Å²) in [5.41, 5.74) is 11.6. The number of rotatable bonds is 3. The van der Waals surface area contributed by atoms with Crippen molar-refractivity contribution < 1.29 is 9.47 Å². The highest BCUT2D eigenvalue weighted by atomic mass is 16.5. The van der Waals surface area contributed by atoms with E-state index >= 15 is 0 Å². The van der Waals surface area contributed by atoms with E-state index in [1.54, 1.807) is 0 Å². The van der Waals surface area contributed by atoms with E-state index in [9.17, 15) is 10.5 Å². The van der Waals surface area contributed by atoms with Crippen LogP contribution in [-0.4, -0.2) is 11.3 Å². The molecule has 0 unspecified atom stereocenters. The third-order valence-corrected chi connectivity index (χ3v) is 10.00. The fourth-order valence-electron chi connectivity index (χ4n) is 7.64. The smallest absolute Gasteiger partial charge is 0.260 e. The van der Waals surface area contributed by atoms with Crippen molar-refractivity contribution >= 4 is 44.9 Å². The summed E-state index contributed by atoms with van der Waals surface area (Å²) in [6.07, 6.45) is 0. The van der Waals surface area contributed by atoms with Gasteiger partial charge in [0.25, 0.3) is 6.71 Å². The first-order chi connectivity index (χ1) is 24.7. The van der Waals surface area contributed by atoms with Crippen LogP contribution in [0.15, 0.2) is 146 Å². The van der Waals surface area contributed by atoms with E-state index in [1.165, 1.54) is 10.8 Å². The average Bonchev–Trinajstić information content (AvgIpc) is 3.51. The van der Waals surface area contributed by atoms with Gasteiger partial charge in [0, 0.05) is 28.4 Å². The second-order valence-electron chi connectivity index (χ2n) is 12.7. The second kappa shape index (κ2) is 10.8. The summed E-state index contributed by atoms with van der Waals surface area (Å²) < 4.78 is 16.0. The lowest BCUT2D eigenvalue weighted by Gasteiger charge is -2.34. The molecule has 0 atom stereocenters. The maximum atomic E-state index is 9.33. The predicted octanol–water partition coefficient (Wildman–Crippen LogP) is 8.59. The van der Waals surface area contributed by atoms with Crippen LogP contribution in [0.3, 0.4) is 0 Å². The zero-order chi connectivity index (χ0) is 33.3. The molecular weight excluding hydrogens is 613 g/mol. The summed E-state index contributed by atoms with van der Waals surface area (Å²) in [5.74, 6) is 3.10. The van der Waals surface area contributed by atoms with Crippen LogP contribution in [0, 0.1) is 22.7 Å². The van der Waals surface area contributed by atoms with Gasteiger partial charge in [0.15, 0.2) is 0 Å². The standard InChI is InChI=1S/C44H24BN3O2/c46-25-27-9-13-29(14-10-27)31-17-19-36-40(21-31)49-42-23-33(48-38-7-3-1-5-34(38)35-6-2-4-8-39(35)48)24-43-44(42)45(36)37-20-18-32(22-41(37)50-43)30-15-11-28(26-47)12-16-30/h1-24H. The summed E-state index contributed by atoms with van der Waals surface area (Å²) in [4.78, 5) is 0. The number of hydrogen-bond acceptors (Lipinski definition) is 4. The van der Waals surface area contributed by atoms with Crippen molar-refractivity contribution in [2.24, 2.45) is 0 Å². The molecule has 0 bridgehead atoms. The molecule has 6 heteroatoms. The number of nitrogens with zero attached hydrogens (tertiary/aromatic N) is 3. The van der Waals surface area contributed by atoms with E-state index in [4.69, 9.17) is 9.47 Å². The Balaban J connectivity index is 1.19. The minimum atomic E-state index is -0.107. The van der Waals surface area contributed by atoms with Gasteiger partial charge in [-0.25, -0.2) is 0 Å². The Kier molecular flexibility index (Phi) is 6.03. The quantitative estimate of drug-likeness (QED) is 0.182. The van der Waals surface area contributed by atoms with Gasteiger partial charge in [0.2, 0.25) is 0 Å². The van der Waals surface area contributed by atoms with Crippen LogP contribution in [0.25, 0.3) is 49.7 Å². The third kappa shape index (κ3) is 4.19. The zero-order valence-electron chi connectivity index (χ0n) is 26.6.